The van der Waals surface area contributed by atoms with Crippen LogP contribution in [0.2, 0.25) is 0 Å². The highest BCUT2D eigenvalue weighted by Crippen LogP contribution is 2.54. The summed E-state index contributed by atoms with van der Waals surface area (Å²) in [5, 5.41) is 0. The van der Waals surface area contributed by atoms with E-state index in [-0.39, 0.29) is 0 Å². The van der Waals surface area contributed by atoms with Crippen molar-refractivity contribution in [1.29, 1.82) is 0 Å². The van der Waals surface area contributed by atoms with Crippen molar-refractivity contribution in [2.24, 2.45) is 0 Å². The van der Waals surface area contributed by atoms with Crippen LogP contribution < -0.4 is 0 Å². The SMILES string of the molecule is FCC(F)(F)C(F)(C(F)(F)F)C(F)(F)F. The van der Waals surface area contributed by atoms with Gasteiger partial charge in [-0.25, -0.2) is 8.78 Å². The van der Waals surface area contributed by atoms with E-state index < -0.39 is 30.6 Å². The van der Waals surface area contributed by atoms with Crippen LogP contribution in [-0.4, -0.2) is 30.6 Å². The van der Waals surface area contributed by atoms with Gasteiger partial charge in [-0.15, -0.1) is 0 Å². The third-order valence-corrected chi connectivity index (χ3v) is 1.45. The third kappa shape index (κ3) is 1.98. The van der Waals surface area contributed by atoms with Crippen molar-refractivity contribution in [3.8, 4) is 0 Å². The number of hydrogen-bond acceptors (Lipinski definition) is 0. The molecule has 0 heterocycles. The zero-order valence-corrected chi connectivity index (χ0v) is 6.49. The lowest BCUT2D eigenvalue weighted by Crippen LogP contribution is -2.65. The Morgan fingerprint density at radius 2 is 0.867 bits per heavy atom. The standard InChI is InChI=1S/C5H2F10/c6-1-2(7,8)3(9,4(10,11)12)5(13,14)15/h1H2. The Labute approximate surface area is 75.9 Å². The summed E-state index contributed by atoms with van der Waals surface area (Å²) in [6.45, 7) is -3.41. The number of alkyl halides is 10. The molecule has 0 aliphatic carbocycles. The second-order valence-electron chi connectivity index (χ2n) is 2.49. The summed E-state index contributed by atoms with van der Waals surface area (Å²) in [7, 11) is 0. The van der Waals surface area contributed by atoms with E-state index in [2.05, 4.69) is 0 Å². The molecule has 0 saturated carbocycles. The Bertz CT molecular complexity index is 207. The van der Waals surface area contributed by atoms with Crippen LogP contribution in [0.25, 0.3) is 0 Å². The Morgan fingerprint density at radius 1 is 0.600 bits per heavy atom. The molecule has 0 atom stereocenters. The van der Waals surface area contributed by atoms with Crippen molar-refractivity contribution in [3.05, 3.63) is 0 Å². The minimum Gasteiger partial charge on any atom is -0.244 e. The van der Waals surface area contributed by atoms with Crippen molar-refractivity contribution in [1.82, 2.24) is 0 Å². The lowest BCUT2D eigenvalue weighted by molar-refractivity contribution is -0.397. The lowest BCUT2D eigenvalue weighted by atomic mass is 9.97. The first kappa shape index (κ1) is 14.3. The molecule has 15 heavy (non-hydrogen) atoms. The van der Waals surface area contributed by atoms with Gasteiger partial charge in [-0.2, -0.15) is 35.1 Å². The fourth-order valence-electron chi connectivity index (χ4n) is 0.668. The molecule has 10 heteroatoms. The van der Waals surface area contributed by atoms with Crippen LogP contribution in [0, 0.1) is 0 Å². The molecule has 0 aliphatic rings. The van der Waals surface area contributed by atoms with Gasteiger partial charge in [0.25, 0.3) is 0 Å². The molecular weight excluding hydrogens is 250 g/mol. The van der Waals surface area contributed by atoms with E-state index in [0.717, 1.165) is 0 Å². The summed E-state index contributed by atoms with van der Waals surface area (Å²) >= 11 is 0. The molecule has 0 amide bonds. The van der Waals surface area contributed by atoms with Crippen LogP contribution in [0.3, 0.4) is 0 Å². The molecule has 0 aromatic heterocycles. The van der Waals surface area contributed by atoms with Gasteiger partial charge >= 0.3 is 23.9 Å². The first-order valence-corrected chi connectivity index (χ1v) is 3.07. The summed E-state index contributed by atoms with van der Waals surface area (Å²) in [6.07, 6.45) is -13.9. The van der Waals surface area contributed by atoms with Crippen LogP contribution in [0.1, 0.15) is 0 Å². The molecule has 0 aromatic rings. The zero-order chi connectivity index (χ0) is 12.7. The minimum atomic E-state index is -6.96. The molecule has 92 valence electrons. The van der Waals surface area contributed by atoms with Gasteiger partial charge < -0.3 is 0 Å². The van der Waals surface area contributed by atoms with Crippen LogP contribution in [-0.2, 0) is 0 Å². The second-order valence-corrected chi connectivity index (χ2v) is 2.49. The van der Waals surface area contributed by atoms with E-state index in [1.54, 1.807) is 0 Å². The Hall–Kier alpha value is -0.700. The topological polar surface area (TPSA) is 0 Å². The smallest absolute Gasteiger partial charge is 0.244 e. The normalized spacial score (nSPS) is 15.6. The molecule has 0 bridgehead atoms. The van der Waals surface area contributed by atoms with Crippen molar-refractivity contribution in [2.75, 3.05) is 6.67 Å². The largest absolute Gasteiger partial charge is 0.437 e. The van der Waals surface area contributed by atoms with Gasteiger partial charge in [0, 0.05) is 0 Å². The second kappa shape index (κ2) is 3.41. The monoisotopic (exact) mass is 252 g/mol. The molecule has 0 rings (SSSR count). The van der Waals surface area contributed by atoms with Gasteiger partial charge in [-0.3, -0.25) is 0 Å². The summed E-state index contributed by atoms with van der Waals surface area (Å²) in [5.41, 5.74) is -6.89. The van der Waals surface area contributed by atoms with Crippen molar-refractivity contribution >= 4 is 0 Å². The first-order chi connectivity index (χ1) is 6.31. The average molecular weight is 252 g/mol. The van der Waals surface area contributed by atoms with E-state index in [4.69, 9.17) is 0 Å². The number of halogens is 10. The number of rotatable bonds is 2. The third-order valence-electron chi connectivity index (χ3n) is 1.45. The maximum atomic E-state index is 12.3. The molecule has 0 fully saturated rings. The van der Waals surface area contributed by atoms with E-state index in [1.807, 2.05) is 0 Å². The van der Waals surface area contributed by atoms with Gasteiger partial charge in [0.05, 0.1) is 0 Å². The highest BCUT2D eigenvalue weighted by molar-refractivity contribution is 5.05. The van der Waals surface area contributed by atoms with Crippen LogP contribution in [0.5, 0.6) is 0 Å². The van der Waals surface area contributed by atoms with Crippen LogP contribution in [0.4, 0.5) is 43.9 Å². The number of hydrogen-bond donors (Lipinski definition) is 0. The lowest BCUT2D eigenvalue weighted by Gasteiger charge is -2.34. The van der Waals surface area contributed by atoms with E-state index in [1.165, 1.54) is 0 Å². The molecule has 0 nitrogen and oxygen atoms in total. The van der Waals surface area contributed by atoms with Gasteiger partial charge in [0.1, 0.15) is 0 Å². The van der Waals surface area contributed by atoms with E-state index in [0.29, 0.717) is 0 Å². The summed E-state index contributed by atoms with van der Waals surface area (Å²) in [6, 6.07) is 0. The predicted molar refractivity (Wildman–Crippen MR) is 26.9 cm³/mol. The highest BCUT2D eigenvalue weighted by atomic mass is 19.4. The molecule has 0 aromatic carbocycles. The maximum absolute atomic E-state index is 12.3. The van der Waals surface area contributed by atoms with Crippen molar-refractivity contribution in [2.45, 2.75) is 23.9 Å². The van der Waals surface area contributed by atoms with Gasteiger partial charge in [0.15, 0.2) is 6.67 Å². The Kier molecular flexibility index (Phi) is 3.25. The zero-order valence-electron chi connectivity index (χ0n) is 6.49. The van der Waals surface area contributed by atoms with Gasteiger partial charge in [-0.1, -0.05) is 0 Å². The quantitative estimate of drug-likeness (QED) is 0.660. The predicted octanol–water partition coefficient (Wildman–Crippen LogP) is 3.42. The van der Waals surface area contributed by atoms with E-state index in [9.17, 15) is 43.9 Å². The fourth-order valence-corrected chi connectivity index (χ4v) is 0.668. The van der Waals surface area contributed by atoms with Crippen LogP contribution in [0.15, 0.2) is 0 Å². The maximum Gasteiger partial charge on any atom is 0.437 e. The Morgan fingerprint density at radius 3 is 0.933 bits per heavy atom. The summed E-state index contributed by atoms with van der Waals surface area (Å²) in [5.74, 6) is -6.22. The molecule has 0 saturated heterocycles. The molecular formula is C5H2F10. The first-order valence-electron chi connectivity index (χ1n) is 3.07. The van der Waals surface area contributed by atoms with Crippen LogP contribution >= 0.6 is 0 Å². The van der Waals surface area contributed by atoms with E-state index >= 15 is 0 Å². The summed E-state index contributed by atoms with van der Waals surface area (Å²) in [4.78, 5) is 0. The molecule has 0 spiro atoms. The average Bonchev–Trinajstić information content (AvgIpc) is 1.98. The fraction of sp³-hybridized carbons (Fsp3) is 1.00. The minimum absolute atomic E-state index is 3.41. The molecule has 0 unspecified atom stereocenters. The van der Waals surface area contributed by atoms with Crippen molar-refractivity contribution in [3.63, 3.8) is 0 Å². The Balaban J connectivity index is 5.65. The summed E-state index contributed by atoms with van der Waals surface area (Å²) < 4.78 is 117. The molecule has 0 radical (unpaired) electrons. The van der Waals surface area contributed by atoms with Gasteiger partial charge in [-0.05, 0) is 0 Å². The van der Waals surface area contributed by atoms with Crippen molar-refractivity contribution < 1.29 is 43.9 Å². The highest BCUT2D eigenvalue weighted by Gasteiger charge is 2.84. The molecule has 0 N–H and O–H groups in total. The molecule has 0 aliphatic heterocycles. The van der Waals surface area contributed by atoms with Gasteiger partial charge in [0.2, 0.25) is 0 Å².